The van der Waals surface area contributed by atoms with Gasteiger partial charge in [0.15, 0.2) is 0 Å². The highest BCUT2D eigenvalue weighted by Gasteiger charge is 1.99. The van der Waals surface area contributed by atoms with Crippen molar-refractivity contribution in [2.45, 2.75) is 39.0 Å². The van der Waals surface area contributed by atoms with Crippen LogP contribution in [0.5, 0.6) is 0 Å². The van der Waals surface area contributed by atoms with Gasteiger partial charge in [-0.2, -0.15) is 0 Å². The Balaban J connectivity index is 0.000000416. The number of thiol groups is 1. The van der Waals surface area contributed by atoms with E-state index in [1.165, 1.54) is 11.1 Å². The third kappa shape index (κ3) is 11.6. The van der Waals surface area contributed by atoms with Crippen molar-refractivity contribution < 1.29 is 0 Å². The molecule has 1 heterocycles. The summed E-state index contributed by atoms with van der Waals surface area (Å²) in [6.45, 7) is 13.2. The highest BCUT2D eigenvalue weighted by atomic mass is 32.1. The molecule has 1 aromatic carbocycles. The minimum atomic E-state index is 0.782. The van der Waals surface area contributed by atoms with E-state index in [4.69, 9.17) is 0 Å². The Labute approximate surface area is 165 Å². The largest absolute Gasteiger partial charge is 0.320 e. The zero-order chi connectivity index (χ0) is 19.9. The van der Waals surface area contributed by atoms with Crippen molar-refractivity contribution in [2.24, 2.45) is 4.99 Å². The quantitative estimate of drug-likeness (QED) is 0.580. The standard InChI is InChI=1S/C11H14N2.C8H10S.C3H9N/c1-9(10(2)12-3)8-11-6-4-5-7-13-11;1-6-3-7(2)5-8(9)4-6;1-3-4-2/h4-7H,1,8H2,2-3H3;3-5,9H,1-2H3;4H,3H2,1-2H3. The second kappa shape index (κ2) is 14.3. The number of aromatic nitrogens is 1. The Hall–Kier alpha value is -1.91. The predicted octanol–water partition coefficient (Wildman–Crippen LogP) is 5.09. The smallest absolute Gasteiger partial charge is 0.0447 e. The van der Waals surface area contributed by atoms with Crippen LogP contribution in [-0.2, 0) is 6.42 Å². The molecule has 0 unspecified atom stereocenters. The number of aliphatic imine (C=N–C) groups is 1. The minimum Gasteiger partial charge on any atom is -0.320 e. The molecule has 1 N–H and O–H groups in total. The average molecular weight is 372 g/mol. The van der Waals surface area contributed by atoms with E-state index in [-0.39, 0.29) is 0 Å². The summed E-state index contributed by atoms with van der Waals surface area (Å²) in [6, 6.07) is 12.1. The number of aryl methyl sites for hydroxylation is 2. The van der Waals surface area contributed by atoms with Crippen LogP contribution < -0.4 is 5.32 Å². The molecule has 0 aliphatic carbocycles. The first-order valence-corrected chi connectivity index (χ1v) is 9.22. The van der Waals surface area contributed by atoms with Crippen LogP contribution in [0, 0.1) is 13.8 Å². The summed E-state index contributed by atoms with van der Waals surface area (Å²) in [7, 11) is 3.71. The highest BCUT2D eigenvalue weighted by molar-refractivity contribution is 7.80. The topological polar surface area (TPSA) is 37.3 Å². The molecule has 2 rings (SSSR count). The molecule has 0 bridgehead atoms. The summed E-state index contributed by atoms with van der Waals surface area (Å²) in [5, 5.41) is 2.93. The summed E-state index contributed by atoms with van der Waals surface area (Å²) >= 11 is 4.22. The van der Waals surface area contributed by atoms with Gasteiger partial charge < -0.3 is 5.32 Å². The van der Waals surface area contributed by atoms with E-state index < -0.39 is 0 Å². The van der Waals surface area contributed by atoms with Gasteiger partial charge in [-0.3, -0.25) is 9.98 Å². The lowest BCUT2D eigenvalue weighted by molar-refractivity contribution is 0.864. The van der Waals surface area contributed by atoms with Gasteiger partial charge in [0.2, 0.25) is 0 Å². The average Bonchev–Trinajstić information content (AvgIpc) is 2.61. The molecule has 2 aromatic rings. The third-order valence-corrected chi connectivity index (χ3v) is 3.79. The molecule has 0 saturated heterocycles. The summed E-state index contributed by atoms with van der Waals surface area (Å²) < 4.78 is 0. The van der Waals surface area contributed by atoms with Crippen LogP contribution >= 0.6 is 12.6 Å². The van der Waals surface area contributed by atoms with Crippen molar-refractivity contribution in [3.8, 4) is 0 Å². The first-order chi connectivity index (χ1) is 12.3. The Morgan fingerprint density at radius 1 is 1.19 bits per heavy atom. The Morgan fingerprint density at radius 2 is 1.77 bits per heavy atom. The molecule has 0 saturated carbocycles. The number of benzene rings is 1. The van der Waals surface area contributed by atoms with E-state index >= 15 is 0 Å². The zero-order valence-corrected chi connectivity index (χ0v) is 17.9. The zero-order valence-electron chi connectivity index (χ0n) is 17.0. The van der Waals surface area contributed by atoms with Crippen LogP contribution in [0.4, 0.5) is 0 Å². The molecule has 142 valence electrons. The molecule has 0 fully saturated rings. The van der Waals surface area contributed by atoms with Crippen LogP contribution in [0.15, 0.2) is 64.6 Å². The minimum absolute atomic E-state index is 0.782. The molecular weight excluding hydrogens is 338 g/mol. The van der Waals surface area contributed by atoms with Crippen LogP contribution in [-0.4, -0.2) is 31.3 Å². The van der Waals surface area contributed by atoms with Crippen molar-refractivity contribution >= 4 is 18.3 Å². The first-order valence-electron chi connectivity index (χ1n) is 8.77. The number of hydrogen-bond donors (Lipinski definition) is 2. The van der Waals surface area contributed by atoms with Gasteiger partial charge in [-0.05, 0) is 75.3 Å². The molecule has 0 aliphatic heterocycles. The normalized spacial score (nSPS) is 10.2. The van der Waals surface area contributed by atoms with Gasteiger partial charge in [0.05, 0.1) is 0 Å². The van der Waals surface area contributed by atoms with Crippen LogP contribution in [0.2, 0.25) is 0 Å². The molecule has 0 atom stereocenters. The molecule has 0 aliphatic rings. The van der Waals surface area contributed by atoms with E-state index in [2.05, 4.69) is 73.5 Å². The third-order valence-electron chi connectivity index (χ3n) is 3.53. The second-order valence-electron chi connectivity index (χ2n) is 5.96. The number of nitrogens with zero attached hydrogens (tertiary/aromatic N) is 2. The van der Waals surface area contributed by atoms with Gasteiger partial charge in [0.1, 0.15) is 0 Å². The summed E-state index contributed by atoms with van der Waals surface area (Å²) in [5.41, 5.74) is 5.61. The van der Waals surface area contributed by atoms with E-state index in [0.717, 1.165) is 34.8 Å². The van der Waals surface area contributed by atoms with Crippen LogP contribution in [0.1, 0.15) is 30.7 Å². The number of nitrogens with one attached hydrogen (secondary N) is 1. The maximum atomic E-state index is 4.22. The summed E-state index contributed by atoms with van der Waals surface area (Å²) in [6.07, 6.45) is 2.57. The fourth-order valence-electron chi connectivity index (χ4n) is 1.96. The molecule has 4 heteroatoms. The lowest BCUT2D eigenvalue weighted by atomic mass is 10.1. The van der Waals surface area contributed by atoms with Gasteiger partial charge in [0.25, 0.3) is 0 Å². The molecule has 0 amide bonds. The molecule has 3 nitrogen and oxygen atoms in total. The maximum absolute atomic E-state index is 4.22. The number of hydrogen-bond acceptors (Lipinski definition) is 4. The highest BCUT2D eigenvalue weighted by Crippen LogP contribution is 2.11. The van der Waals surface area contributed by atoms with Crippen molar-refractivity contribution in [1.82, 2.24) is 10.3 Å². The second-order valence-corrected chi connectivity index (χ2v) is 6.48. The van der Waals surface area contributed by atoms with E-state index in [1.807, 2.05) is 32.2 Å². The van der Waals surface area contributed by atoms with Crippen molar-refractivity contribution in [3.63, 3.8) is 0 Å². The van der Waals surface area contributed by atoms with Crippen LogP contribution in [0.25, 0.3) is 0 Å². The van der Waals surface area contributed by atoms with Crippen LogP contribution in [0.3, 0.4) is 0 Å². The number of rotatable bonds is 4. The van der Waals surface area contributed by atoms with E-state index in [1.54, 1.807) is 13.2 Å². The maximum Gasteiger partial charge on any atom is 0.0447 e. The Bertz CT molecular complexity index is 627. The predicted molar refractivity (Wildman–Crippen MR) is 119 cm³/mol. The Morgan fingerprint density at radius 3 is 2.15 bits per heavy atom. The first kappa shape index (κ1) is 24.1. The van der Waals surface area contributed by atoms with Gasteiger partial charge in [-0.15, -0.1) is 12.6 Å². The molecule has 0 spiro atoms. The lowest BCUT2D eigenvalue weighted by Gasteiger charge is -2.03. The molecule has 1 aromatic heterocycles. The monoisotopic (exact) mass is 371 g/mol. The van der Waals surface area contributed by atoms with E-state index in [9.17, 15) is 0 Å². The molecule has 26 heavy (non-hydrogen) atoms. The Kier molecular flexibility index (Phi) is 13.2. The van der Waals surface area contributed by atoms with Crippen molar-refractivity contribution in [2.75, 3.05) is 20.6 Å². The van der Waals surface area contributed by atoms with E-state index in [0.29, 0.717) is 0 Å². The number of pyridine rings is 1. The summed E-state index contributed by atoms with van der Waals surface area (Å²) in [4.78, 5) is 9.34. The summed E-state index contributed by atoms with van der Waals surface area (Å²) in [5.74, 6) is 0. The van der Waals surface area contributed by atoms with Crippen molar-refractivity contribution in [1.29, 1.82) is 0 Å². The molecule has 0 radical (unpaired) electrons. The van der Waals surface area contributed by atoms with Crippen molar-refractivity contribution in [3.05, 3.63) is 71.6 Å². The fraction of sp³-hybridized carbons (Fsp3) is 0.364. The van der Waals surface area contributed by atoms with Gasteiger partial charge in [-0.25, -0.2) is 0 Å². The van der Waals surface area contributed by atoms with Gasteiger partial charge >= 0.3 is 0 Å². The number of allylic oxidation sites excluding steroid dienone is 1. The van der Waals surface area contributed by atoms with Gasteiger partial charge in [0, 0.05) is 36.0 Å². The van der Waals surface area contributed by atoms with Gasteiger partial charge in [-0.1, -0.05) is 25.6 Å². The lowest BCUT2D eigenvalue weighted by Crippen LogP contribution is -2.01. The SMILES string of the molecule is C=C(Cc1ccccn1)C(C)=NC.CCNC.Cc1cc(C)cc(S)c1. The molecular formula is C22H33N3S. The fourth-order valence-corrected chi connectivity index (χ4v) is 2.37.